The van der Waals surface area contributed by atoms with Crippen molar-refractivity contribution in [3.05, 3.63) is 59.0 Å². The zero-order valence-corrected chi connectivity index (χ0v) is 17.6. The lowest BCUT2D eigenvalue weighted by Gasteiger charge is -2.24. The van der Waals surface area contributed by atoms with E-state index in [-0.39, 0.29) is 24.5 Å². The average Bonchev–Trinajstić information content (AvgIpc) is 3.17. The fourth-order valence-electron chi connectivity index (χ4n) is 3.37. The highest BCUT2D eigenvalue weighted by Crippen LogP contribution is 2.27. The Morgan fingerprint density at radius 1 is 1.41 bits per heavy atom. The van der Waals surface area contributed by atoms with Gasteiger partial charge in [-0.05, 0) is 56.5 Å². The maximum atomic E-state index is 12.7. The van der Waals surface area contributed by atoms with Crippen molar-refractivity contribution in [2.45, 2.75) is 39.3 Å². The molecule has 0 fully saturated rings. The summed E-state index contributed by atoms with van der Waals surface area (Å²) in [7, 11) is 0. The molecule has 1 unspecified atom stereocenters. The molecule has 2 atom stereocenters. The standard InChI is InChI=1S/C22H27ClN4O2/c1-13(2)26-21-9-18(14(3)10-25-21)16-8-19(24-11-16)22(29)27-20(12-28)15-5-4-6-17(23)7-15/h4,6-11,13,15,20,24,28H,5,12H2,1-3H3,(H,25,26)(H,27,29)/t15?,20-/m1/s1. The number of allylic oxidation sites excluding steroid dienone is 3. The van der Waals surface area contributed by atoms with Gasteiger partial charge in [0.15, 0.2) is 0 Å². The molecule has 0 saturated carbocycles. The van der Waals surface area contributed by atoms with Crippen LogP contribution in [0.3, 0.4) is 0 Å². The molecule has 4 N–H and O–H groups in total. The van der Waals surface area contributed by atoms with E-state index in [9.17, 15) is 9.90 Å². The number of nitrogens with one attached hydrogen (secondary N) is 3. The second kappa shape index (κ2) is 9.29. The minimum Gasteiger partial charge on any atom is -0.394 e. The van der Waals surface area contributed by atoms with Gasteiger partial charge >= 0.3 is 0 Å². The van der Waals surface area contributed by atoms with Crippen LogP contribution in [0.5, 0.6) is 0 Å². The highest BCUT2D eigenvalue weighted by molar-refractivity contribution is 6.31. The van der Waals surface area contributed by atoms with Crippen LogP contribution in [0, 0.1) is 12.8 Å². The molecule has 0 aliphatic heterocycles. The van der Waals surface area contributed by atoms with Gasteiger partial charge < -0.3 is 20.7 Å². The van der Waals surface area contributed by atoms with E-state index in [1.54, 1.807) is 0 Å². The first kappa shape index (κ1) is 21.1. The average molecular weight is 415 g/mol. The van der Waals surface area contributed by atoms with Crippen LogP contribution in [0.2, 0.25) is 0 Å². The number of aryl methyl sites for hydroxylation is 1. The summed E-state index contributed by atoms with van der Waals surface area (Å²) in [6, 6.07) is 3.67. The molecule has 6 nitrogen and oxygen atoms in total. The number of halogens is 1. The number of nitrogens with zero attached hydrogens (tertiary/aromatic N) is 1. The van der Waals surface area contributed by atoms with Gasteiger partial charge in [-0.25, -0.2) is 4.98 Å². The van der Waals surface area contributed by atoms with Crippen molar-refractivity contribution < 1.29 is 9.90 Å². The molecule has 0 aromatic carbocycles. The molecule has 0 radical (unpaired) electrons. The number of H-pyrrole nitrogens is 1. The van der Waals surface area contributed by atoms with Crippen molar-refractivity contribution >= 4 is 23.3 Å². The van der Waals surface area contributed by atoms with Crippen molar-refractivity contribution in [3.63, 3.8) is 0 Å². The number of anilines is 1. The summed E-state index contributed by atoms with van der Waals surface area (Å²) in [5, 5.41) is 16.6. The van der Waals surface area contributed by atoms with Gasteiger partial charge in [-0.15, -0.1) is 0 Å². The van der Waals surface area contributed by atoms with Crippen molar-refractivity contribution in [3.8, 4) is 11.1 Å². The molecule has 29 heavy (non-hydrogen) atoms. The Hall–Kier alpha value is -2.57. The summed E-state index contributed by atoms with van der Waals surface area (Å²) in [6.45, 7) is 5.94. The van der Waals surface area contributed by atoms with Gasteiger partial charge in [0, 0.05) is 34.9 Å². The molecule has 2 aromatic rings. The predicted molar refractivity (Wildman–Crippen MR) is 117 cm³/mol. The van der Waals surface area contributed by atoms with Crippen LogP contribution in [-0.2, 0) is 0 Å². The predicted octanol–water partition coefficient (Wildman–Crippen LogP) is 3.99. The minimum atomic E-state index is -0.405. The summed E-state index contributed by atoms with van der Waals surface area (Å²) < 4.78 is 0. The first-order valence-corrected chi connectivity index (χ1v) is 10.1. The molecule has 1 aliphatic rings. The second-order valence-corrected chi connectivity index (χ2v) is 8.04. The first-order chi connectivity index (χ1) is 13.9. The van der Waals surface area contributed by atoms with E-state index in [1.807, 2.05) is 49.7 Å². The lowest BCUT2D eigenvalue weighted by molar-refractivity contribution is 0.0895. The number of carbonyl (C=O) groups excluding carboxylic acids is 1. The van der Waals surface area contributed by atoms with Gasteiger partial charge in [0.1, 0.15) is 11.5 Å². The van der Waals surface area contributed by atoms with Crippen LogP contribution in [0.15, 0.2) is 47.8 Å². The quantitative estimate of drug-likeness (QED) is 0.551. The molecule has 0 bridgehead atoms. The van der Waals surface area contributed by atoms with Crippen LogP contribution in [0.4, 0.5) is 5.82 Å². The Balaban J connectivity index is 1.75. The van der Waals surface area contributed by atoms with Crippen LogP contribution < -0.4 is 10.6 Å². The molecule has 1 amide bonds. The van der Waals surface area contributed by atoms with Gasteiger partial charge in [-0.3, -0.25) is 4.79 Å². The molecular formula is C22H27ClN4O2. The number of carbonyl (C=O) groups is 1. The normalized spacial score (nSPS) is 17.2. The van der Waals surface area contributed by atoms with Crippen molar-refractivity contribution in [2.75, 3.05) is 11.9 Å². The van der Waals surface area contributed by atoms with Gasteiger partial charge in [0.25, 0.3) is 5.91 Å². The Morgan fingerprint density at radius 3 is 2.90 bits per heavy atom. The number of hydrogen-bond donors (Lipinski definition) is 4. The lowest BCUT2D eigenvalue weighted by atomic mass is 9.93. The fraction of sp³-hybridized carbons (Fsp3) is 0.364. The second-order valence-electron chi connectivity index (χ2n) is 7.60. The molecule has 7 heteroatoms. The third kappa shape index (κ3) is 5.28. The molecule has 0 spiro atoms. The SMILES string of the molecule is Cc1cnc(NC(C)C)cc1-c1c[nH]c(C(=O)N[C@H](CO)C2C=C(Cl)C=CC2)c1. The zero-order chi connectivity index (χ0) is 21.0. The third-order valence-corrected chi connectivity index (χ3v) is 5.12. The molecule has 2 heterocycles. The fourth-order valence-corrected chi connectivity index (χ4v) is 3.62. The van der Waals surface area contributed by atoms with Crippen molar-refractivity contribution in [1.29, 1.82) is 0 Å². The van der Waals surface area contributed by atoms with Gasteiger partial charge in [-0.2, -0.15) is 0 Å². The van der Waals surface area contributed by atoms with Crippen molar-refractivity contribution in [1.82, 2.24) is 15.3 Å². The van der Waals surface area contributed by atoms with Gasteiger partial charge in [0.05, 0.1) is 12.6 Å². The van der Waals surface area contributed by atoms with Gasteiger partial charge in [0.2, 0.25) is 0 Å². The van der Waals surface area contributed by atoms with E-state index in [2.05, 4.69) is 34.4 Å². The molecule has 1 aliphatic carbocycles. The minimum absolute atomic E-state index is 0.0389. The Morgan fingerprint density at radius 2 is 2.21 bits per heavy atom. The van der Waals surface area contributed by atoms with Crippen molar-refractivity contribution in [2.24, 2.45) is 5.92 Å². The smallest absolute Gasteiger partial charge is 0.268 e. The Bertz CT molecular complexity index is 933. The number of aliphatic hydroxyl groups is 1. The topological polar surface area (TPSA) is 90.0 Å². The highest BCUT2D eigenvalue weighted by Gasteiger charge is 2.23. The maximum Gasteiger partial charge on any atom is 0.268 e. The van der Waals surface area contributed by atoms with Crippen LogP contribution in [-0.4, -0.2) is 39.7 Å². The summed E-state index contributed by atoms with van der Waals surface area (Å²) in [4.78, 5) is 20.2. The maximum absolute atomic E-state index is 12.7. The van der Waals surface area contributed by atoms with Crippen LogP contribution in [0.25, 0.3) is 11.1 Å². The molecule has 154 valence electrons. The van der Waals surface area contributed by atoms with E-state index in [1.165, 1.54) is 0 Å². The number of pyridine rings is 1. The Labute approximate surface area is 176 Å². The monoisotopic (exact) mass is 414 g/mol. The van der Waals surface area contributed by atoms with E-state index in [4.69, 9.17) is 11.6 Å². The highest BCUT2D eigenvalue weighted by atomic mass is 35.5. The van der Waals surface area contributed by atoms with Gasteiger partial charge in [-0.1, -0.05) is 23.8 Å². The number of aromatic nitrogens is 2. The molecule has 0 saturated heterocycles. The van der Waals surface area contributed by atoms with E-state index in [0.29, 0.717) is 10.7 Å². The summed E-state index contributed by atoms with van der Waals surface area (Å²) in [6.07, 6.45) is 9.99. The molecule has 2 aromatic heterocycles. The summed E-state index contributed by atoms with van der Waals surface area (Å²) in [5.41, 5.74) is 3.37. The number of aromatic amines is 1. The first-order valence-electron chi connectivity index (χ1n) is 9.75. The number of aliphatic hydroxyl groups excluding tert-OH is 1. The molecular weight excluding hydrogens is 388 g/mol. The number of amides is 1. The van der Waals surface area contributed by atoms with Crippen LogP contribution >= 0.6 is 11.6 Å². The third-order valence-electron chi connectivity index (χ3n) is 4.87. The summed E-state index contributed by atoms with van der Waals surface area (Å²) >= 11 is 6.06. The Kier molecular flexibility index (Phi) is 6.77. The number of rotatable bonds is 7. The van der Waals surface area contributed by atoms with E-state index >= 15 is 0 Å². The molecule has 3 rings (SSSR count). The van der Waals surface area contributed by atoms with Crippen LogP contribution in [0.1, 0.15) is 36.3 Å². The summed E-state index contributed by atoms with van der Waals surface area (Å²) in [5.74, 6) is 0.492. The van der Waals surface area contributed by atoms with E-state index in [0.717, 1.165) is 28.9 Å². The lowest BCUT2D eigenvalue weighted by Crippen LogP contribution is -2.42. The number of hydrogen-bond acceptors (Lipinski definition) is 4. The largest absolute Gasteiger partial charge is 0.394 e. The zero-order valence-electron chi connectivity index (χ0n) is 16.9. The van der Waals surface area contributed by atoms with E-state index < -0.39 is 6.04 Å².